The Morgan fingerprint density at radius 2 is 1.85 bits per heavy atom. The van der Waals surface area contributed by atoms with Crippen molar-refractivity contribution in [3.8, 4) is 5.75 Å². The van der Waals surface area contributed by atoms with Gasteiger partial charge in [-0.05, 0) is 6.07 Å². The van der Waals surface area contributed by atoms with Gasteiger partial charge < -0.3 is 10.2 Å². The molecular weight excluding hydrogens is 219 g/mol. The monoisotopic (exact) mass is 226 g/mol. The first kappa shape index (κ1) is 15.9. The second-order valence-electron chi connectivity index (χ2n) is 1.95. The first-order valence-corrected chi connectivity index (χ1v) is 3.53. The fraction of sp³-hybridized carbons (Fsp3) is 0.125. The summed E-state index contributed by atoms with van der Waals surface area (Å²) in [5.74, 6) is -0.950. The van der Waals surface area contributed by atoms with Crippen molar-refractivity contribution >= 4 is 17.6 Å². The number of rotatable bonds is 0. The molecule has 66 valence electrons. The van der Waals surface area contributed by atoms with Gasteiger partial charge in [-0.25, -0.2) is 0 Å². The molecule has 0 aliphatic carbocycles. The zero-order valence-corrected chi connectivity index (χ0v) is 11.3. The Kier molecular flexibility index (Phi) is 11.0. The zero-order chi connectivity index (χ0) is 9.56. The summed E-state index contributed by atoms with van der Waals surface area (Å²) in [7, 11) is 0. The van der Waals surface area contributed by atoms with Crippen molar-refractivity contribution in [3.05, 3.63) is 29.3 Å². The molecule has 1 N–H and O–H groups in total. The van der Waals surface area contributed by atoms with Gasteiger partial charge in [0.15, 0.2) is 0 Å². The molecule has 0 atom stereocenters. The number of carboxylic acid groups (broad SMARTS) is 1. The van der Waals surface area contributed by atoms with E-state index in [1.54, 1.807) is 18.2 Å². The van der Waals surface area contributed by atoms with E-state index in [0.717, 1.165) is 6.92 Å². The number of hydrogen-bond donors (Lipinski definition) is 1. The van der Waals surface area contributed by atoms with E-state index in [-0.39, 0.29) is 62.2 Å². The van der Waals surface area contributed by atoms with E-state index < -0.39 is 5.97 Å². The summed E-state index contributed by atoms with van der Waals surface area (Å²) in [6.07, 6.45) is 0. The smallest absolute Gasteiger partial charge is 0.871 e. The molecule has 13 heavy (non-hydrogen) atoms. The third kappa shape index (κ3) is 10.3. The Balaban J connectivity index is 0. The predicted octanol–water partition coefficient (Wildman–Crippen LogP) is -1.49. The Labute approximate surface area is 124 Å². The molecule has 0 bridgehead atoms. The molecule has 3 nitrogen and oxygen atoms in total. The van der Waals surface area contributed by atoms with Gasteiger partial charge in [-0.15, -0.1) is 0 Å². The molecule has 0 saturated carbocycles. The average Bonchev–Trinajstić information content (AvgIpc) is 1.94. The van der Waals surface area contributed by atoms with Crippen LogP contribution in [0.1, 0.15) is 6.92 Å². The number of aliphatic carboxylic acids is 1. The van der Waals surface area contributed by atoms with Crippen LogP contribution in [0.2, 0.25) is 5.02 Å². The molecule has 0 radical (unpaired) electrons. The Bertz CT molecular complexity index is 240. The van der Waals surface area contributed by atoms with Crippen molar-refractivity contribution in [2.75, 3.05) is 0 Å². The topological polar surface area (TPSA) is 60.4 Å². The largest absolute Gasteiger partial charge is 1.00 e. The van der Waals surface area contributed by atoms with Crippen molar-refractivity contribution in [1.82, 2.24) is 0 Å². The van der Waals surface area contributed by atoms with Crippen LogP contribution >= 0.6 is 11.6 Å². The first-order valence-electron chi connectivity index (χ1n) is 3.15. The standard InChI is InChI=1S/C6H5ClO.C2H4O2.K/c7-5-3-1-2-4-6(5)8;1-2(3)4;/h1-4,8H;1H3,(H,3,4);/q;;+1/p-1. The van der Waals surface area contributed by atoms with Gasteiger partial charge in [0.1, 0.15) is 0 Å². The SMILES string of the molecule is CC(=O)O.[K+].[O-]c1ccccc1Cl. The molecule has 0 fully saturated rings. The third-order valence-electron chi connectivity index (χ3n) is 0.837. The predicted molar refractivity (Wildman–Crippen MR) is 44.2 cm³/mol. The number of carbonyl (C=O) groups is 1. The van der Waals surface area contributed by atoms with Crippen LogP contribution in [0, 0.1) is 0 Å². The first-order chi connectivity index (χ1) is 5.54. The minimum absolute atomic E-state index is 0. The van der Waals surface area contributed by atoms with E-state index in [9.17, 15) is 5.11 Å². The fourth-order valence-electron chi connectivity index (χ4n) is 0.445. The molecule has 0 unspecified atom stereocenters. The van der Waals surface area contributed by atoms with E-state index >= 15 is 0 Å². The molecule has 0 saturated heterocycles. The number of carboxylic acids is 1. The molecule has 1 rings (SSSR count). The van der Waals surface area contributed by atoms with E-state index in [2.05, 4.69) is 0 Å². The van der Waals surface area contributed by atoms with Gasteiger partial charge in [0.05, 0.1) is 0 Å². The van der Waals surface area contributed by atoms with Gasteiger partial charge in [-0.3, -0.25) is 4.79 Å². The third-order valence-corrected chi connectivity index (χ3v) is 1.15. The Morgan fingerprint density at radius 1 is 1.46 bits per heavy atom. The Hall–Kier alpha value is 0.416. The summed E-state index contributed by atoms with van der Waals surface area (Å²) in [6, 6.07) is 6.39. The van der Waals surface area contributed by atoms with Gasteiger partial charge in [-0.2, -0.15) is 0 Å². The molecular formula is C8H8ClKO3. The normalized spacial score (nSPS) is 7.54. The van der Waals surface area contributed by atoms with Crippen molar-refractivity contribution in [3.63, 3.8) is 0 Å². The van der Waals surface area contributed by atoms with Crippen molar-refractivity contribution in [2.45, 2.75) is 6.92 Å². The van der Waals surface area contributed by atoms with Crippen LogP contribution in [-0.4, -0.2) is 11.1 Å². The quantitative estimate of drug-likeness (QED) is 0.549. The van der Waals surface area contributed by atoms with E-state index in [1.165, 1.54) is 6.07 Å². The summed E-state index contributed by atoms with van der Waals surface area (Å²) in [6.45, 7) is 1.08. The second-order valence-corrected chi connectivity index (χ2v) is 2.36. The van der Waals surface area contributed by atoms with Crippen LogP contribution in [0.25, 0.3) is 0 Å². The summed E-state index contributed by atoms with van der Waals surface area (Å²) in [4.78, 5) is 9.00. The maximum absolute atomic E-state index is 10.5. The van der Waals surface area contributed by atoms with Crippen LogP contribution in [0.15, 0.2) is 24.3 Å². The number of para-hydroxylation sites is 1. The summed E-state index contributed by atoms with van der Waals surface area (Å²) in [5, 5.41) is 18.2. The van der Waals surface area contributed by atoms with E-state index in [1.807, 2.05) is 0 Å². The van der Waals surface area contributed by atoms with Gasteiger partial charge in [0, 0.05) is 11.9 Å². The minimum atomic E-state index is -0.833. The maximum Gasteiger partial charge on any atom is 1.00 e. The maximum atomic E-state index is 10.5. The summed E-state index contributed by atoms with van der Waals surface area (Å²) in [5.41, 5.74) is 0. The van der Waals surface area contributed by atoms with Gasteiger partial charge in [0.2, 0.25) is 0 Å². The van der Waals surface area contributed by atoms with Crippen LogP contribution in [0.4, 0.5) is 0 Å². The fourth-order valence-corrected chi connectivity index (χ4v) is 0.580. The van der Waals surface area contributed by atoms with Crippen LogP contribution < -0.4 is 56.5 Å². The van der Waals surface area contributed by atoms with Crippen molar-refractivity contribution in [2.24, 2.45) is 0 Å². The molecule has 1 aromatic rings. The van der Waals surface area contributed by atoms with Gasteiger partial charge >= 0.3 is 51.4 Å². The summed E-state index contributed by atoms with van der Waals surface area (Å²) < 4.78 is 0. The minimum Gasteiger partial charge on any atom is -0.871 e. The van der Waals surface area contributed by atoms with Crippen molar-refractivity contribution < 1.29 is 66.4 Å². The Morgan fingerprint density at radius 3 is 2.08 bits per heavy atom. The van der Waals surface area contributed by atoms with E-state index in [4.69, 9.17) is 21.5 Å². The molecule has 0 aliphatic rings. The zero-order valence-electron chi connectivity index (χ0n) is 7.45. The van der Waals surface area contributed by atoms with Crippen LogP contribution in [0.3, 0.4) is 0 Å². The van der Waals surface area contributed by atoms with E-state index in [0.29, 0.717) is 0 Å². The number of benzene rings is 1. The number of hydrogen-bond acceptors (Lipinski definition) is 2. The molecule has 0 aliphatic heterocycles. The number of halogens is 1. The molecule has 0 spiro atoms. The summed E-state index contributed by atoms with van der Waals surface area (Å²) >= 11 is 5.40. The van der Waals surface area contributed by atoms with Crippen LogP contribution in [-0.2, 0) is 4.79 Å². The second kappa shape index (κ2) is 8.99. The van der Waals surface area contributed by atoms with Crippen molar-refractivity contribution in [1.29, 1.82) is 0 Å². The average molecular weight is 227 g/mol. The van der Waals surface area contributed by atoms with Gasteiger partial charge in [0.25, 0.3) is 5.97 Å². The van der Waals surface area contributed by atoms with Gasteiger partial charge in [-0.1, -0.05) is 35.5 Å². The molecule has 0 aromatic heterocycles. The molecule has 1 aromatic carbocycles. The molecule has 0 heterocycles. The molecule has 5 heteroatoms. The molecule has 0 amide bonds. The van der Waals surface area contributed by atoms with Crippen LogP contribution in [0.5, 0.6) is 5.75 Å².